The maximum Gasteiger partial charge on any atom is 0.340 e. The smallest absolute Gasteiger partial charge is 0.340 e. The summed E-state index contributed by atoms with van der Waals surface area (Å²) < 4.78 is 5.10. The van der Waals surface area contributed by atoms with Gasteiger partial charge in [-0.3, -0.25) is 4.98 Å². The van der Waals surface area contributed by atoms with Crippen molar-refractivity contribution in [2.45, 2.75) is 27.7 Å². The average molecular weight is 348 g/mol. The Morgan fingerprint density at radius 3 is 2.38 bits per heavy atom. The zero-order valence-corrected chi connectivity index (χ0v) is 14.7. The van der Waals surface area contributed by atoms with Crippen LogP contribution >= 0.6 is 11.6 Å². The van der Waals surface area contributed by atoms with Crippen molar-refractivity contribution in [2.75, 3.05) is 6.61 Å². The highest BCUT2D eigenvalue weighted by Gasteiger charge is 2.28. The van der Waals surface area contributed by atoms with E-state index in [4.69, 9.17) is 16.3 Å². The molecule has 126 valence electrons. The quantitative estimate of drug-likeness (QED) is 0.838. The van der Waals surface area contributed by atoms with Crippen molar-refractivity contribution in [1.29, 1.82) is 0 Å². The van der Waals surface area contributed by atoms with Gasteiger partial charge >= 0.3 is 11.9 Å². The van der Waals surface area contributed by atoms with Crippen LogP contribution in [0.2, 0.25) is 5.02 Å². The second-order valence-electron chi connectivity index (χ2n) is 5.37. The van der Waals surface area contributed by atoms with Crippen molar-refractivity contribution in [3.8, 4) is 11.1 Å². The van der Waals surface area contributed by atoms with E-state index in [-0.39, 0.29) is 23.3 Å². The fourth-order valence-corrected chi connectivity index (χ4v) is 2.90. The van der Waals surface area contributed by atoms with E-state index in [0.717, 1.165) is 5.56 Å². The van der Waals surface area contributed by atoms with Gasteiger partial charge in [0.2, 0.25) is 0 Å². The minimum atomic E-state index is -1.17. The van der Waals surface area contributed by atoms with Gasteiger partial charge in [0.25, 0.3) is 0 Å². The van der Waals surface area contributed by atoms with E-state index in [0.29, 0.717) is 22.0 Å². The number of rotatable bonds is 4. The molecule has 2 rings (SSSR count). The Labute approximate surface area is 145 Å². The number of carboxylic acid groups (broad SMARTS) is 1. The minimum Gasteiger partial charge on any atom is -0.478 e. The predicted molar refractivity (Wildman–Crippen MR) is 91.8 cm³/mol. The summed E-state index contributed by atoms with van der Waals surface area (Å²) in [6.45, 7) is 6.93. The lowest BCUT2D eigenvalue weighted by molar-refractivity contribution is 0.0526. The second kappa shape index (κ2) is 7.01. The molecule has 0 saturated heterocycles. The van der Waals surface area contributed by atoms with Crippen LogP contribution < -0.4 is 0 Å². The van der Waals surface area contributed by atoms with Gasteiger partial charge < -0.3 is 9.84 Å². The SMILES string of the molecule is CCOC(=O)c1c(C)nc(C)c(C(=O)O)c1-c1cccc(C)c1Cl. The summed E-state index contributed by atoms with van der Waals surface area (Å²) >= 11 is 6.40. The van der Waals surface area contributed by atoms with Crippen LogP contribution in [0.3, 0.4) is 0 Å². The van der Waals surface area contributed by atoms with Gasteiger partial charge in [-0.1, -0.05) is 29.8 Å². The van der Waals surface area contributed by atoms with E-state index >= 15 is 0 Å². The average Bonchev–Trinajstić information content (AvgIpc) is 2.49. The van der Waals surface area contributed by atoms with Crippen LogP contribution in [0, 0.1) is 20.8 Å². The van der Waals surface area contributed by atoms with Crippen LogP contribution in [0.15, 0.2) is 18.2 Å². The van der Waals surface area contributed by atoms with E-state index in [1.807, 2.05) is 13.0 Å². The number of benzene rings is 1. The van der Waals surface area contributed by atoms with Crippen molar-refractivity contribution in [2.24, 2.45) is 0 Å². The lowest BCUT2D eigenvalue weighted by atomic mass is 9.91. The third-order valence-electron chi connectivity index (χ3n) is 3.71. The maximum atomic E-state index is 12.4. The number of aromatic carboxylic acids is 1. The number of halogens is 1. The van der Waals surface area contributed by atoms with Crippen molar-refractivity contribution < 1.29 is 19.4 Å². The van der Waals surface area contributed by atoms with Gasteiger partial charge in [-0.15, -0.1) is 0 Å². The Balaban J connectivity index is 2.96. The summed E-state index contributed by atoms with van der Waals surface area (Å²) in [5.74, 6) is -1.78. The van der Waals surface area contributed by atoms with Crippen molar-refractivity contribution in [3.05, 3.63) is 51.3 Å². The molecule has 0 aliphatic rings. The molecular weight excluding hydrogens is 330 g/mol. The van der Waals surface area contributed by atoms with E-state index in [2.05, 4.69) is 4.98 Å². The topological polar surface area (TPSA) is 76.5 Å². The molecule has 1 N–H and O–H groups in total. The fourth-order valence-electron chi connectivity index (χ4n) is 2.67. The van der Waals surface area contributed by atoms with Gasteiger partial charge in [-0.25, -0.2) is 9.59 Å². The first-order valence-electron chi connectivity index (χ1n) is 7.46. The van der Waals surface area contributed by atoms with Crippen LogP contribution in [0.5, 0.6) is 0 Å². The highest BCUT2D eigenvalue weighted by Crippen LogP contribution is 2.37. The molecule has 0 bridgehead atoms. The van der Waals surface area contributed by atoms with E-state index in [9.17, 15) is 14.7 Å². The maximum absolute atomic E-state index is 12.4. The third-order valence-corrected chi connectivity index (χ3v) is 4.22. The number of esters is 1. The number of hydrogen-bond acceptors (Lipinski definition) is 4. The zero-order valence-electron chi connectivity index (χ0n) is 13.9. The molecule has 0 amide bonds. The number of ether oxygens (including phenoxy) is 1. The number of aryl methyl sites for hydroxylation is 3. The lowest BCUT2D eigenvalue weighted by Crippen LogP contribution is -2.16. The minimum absolute atomic E-state index is 0.0452. The Morgan fingerprint density at radius 1 is 1.17 bits per heavy atom. The molecule has 0 saturated carbocycles. The van der Waals surface area contributed by atoms with Crippen LogP contribution in [-0.2, 0) is 4.74 Å². The molecule has 1 aromatic heterocycles. The molecule has 0 radical (unpaired) electrons. The van der Waals surface area contributed by atoms with Crippen molar-refractivity contribution >= 4 is 23.5 Å². The summed E-state index contributed by atoms with van der Waals surface area (Å²) in [5.41, 5.74) is 2.32. The van der Waals surface area contributed by atoms with Gasteiger partial charge in [-0.2, -0.15) is 0 Å². The summed E-state index contributed by atoms with van der Waals surface area (Å²) in [5, 5.41) is 10.1. The molecule has 0 aliphatic heterocycles. The molecule has 0 fully saturated rings. The second-order valence-corrected chi connectivity index (χ2v) is 5.75. The Bertz CT molecular complexity index is 830. The van der Waals surface area contributed by atoms with Gasteiger partial charge in [0.15, 0.2) is 0 Å². The van der Waals surface area contributed by atoms with Crippen LogP contribution in [0.1, 0.15) is 44.6 Å². The first kappa shape index (κ1) is 17.9. The monoisotopic (exact) mass is 347 g/mol. The molecule has 1 aromatic carbocycles. The number of pyridine rings is 1. The molecule has 0 aliphatic carbocycles. The molecular formula is C18H18ClNO4. The van der Waals surface area contributed by atoms with E-state index < -0.39 is 11.9 Å². The number of carbonyl (C=O) groups is 2. The predicted octanol–water partition coefficient (Wildman–Crippen LogP) is 4.20. The Morgan fingerprint density at radius 2 is 1.79 bits per heavy atom. The van der Waals surface area contributed by atoms with Crippen molar-refractivity contribution in [1.82, 2.24) is 4.98 Å². The summed E-state index contributed by atoms with van der Waals surface area (Å²) in [4.78, 5) is 28.5. The normalized spacial score (nSPS) is 10.5. The molecule has 0 unspecified atom stereocenters. The van der Waals surface area contributed by atoms with Gasteiger partial charge in [0.05, 0.1) is 34.1 Å². The summed E-state index contributed by atoms with van der Waals surface area (Å²) in [6, 6.07) is 5.28. The van der Waals surface area contributed by atoms with Gasteiger partial charge in [-0.05, 0) is 33.3 Å². The zero-order chi connectivity index (χ0) is 18.0. The molecule has 5 nitrogen and oxygen atoms in total. The van der Waals surface area contributed by atoms with Gasteiger partial charge in [0, 0.05) is 11.1 Å². The molecule has 0 atom stereocenters. The Kier molecular flexibility index (Phi) is 5.24. The van der Waals surface area contributed by atoms with Crippen molar-refractivity contribution in [3.63, 3.8) is 0 Å². The highest BCUT2D eigenvalue weighted by molar-refractivity contribution is 6.34. The standard InChI is InChI=1S/C18H18ClNO4/c1-5-24-18(23)14-11(4)20-10(3)13(17(21)22)15(14)12-8-6-7-9(2)16(12)19/h6-8H,5H2,1-4H3,(H,21,22). The first-order valence-corrected chi connectivity index (χ1v) is 7.84. The van der Waals surface area contributed by atoms with Crippen LogP contribution in [0.4, 0.5) is 0 Å². The third kappa shape index (κ3) is 3.12. The number of hydrogen-bond donors (Lipinski definition) is 1. The highest BCUT2D eigenvalue weighted by atomic mass is 35.5. The number of nitrogens with zero attached hydrogens (tertiary/aromatic N) is 1. The lowest BCUT2D eigenvalue weighted by Gasteiger charge is -2.17. The largest absolute Gasteiger partial charge is 0.478 e. The fraction of sp³-hybridized carbons (Fsp3) is 0.278. The number of carbonyl (C=O) groups excluding carboxylic acids is 1. The summed E-state index contributed by atoms with van der Waals surface area (Å²) in [7, 11) is 0. The molecule has 24 heavy (non-hydrogen) atoms. The molecule has 2 aromatic rings. The van der Waals surface area contributed by atoms with E-state index in [1.54, 1.807) is 32.9 Å². The Hall–Kier alpha value is -2.40. The summed E-state index contributed by atoms with van der Waals surface area (Å²) in [6.07, 6.45) is 0. The molecule has 0 spiro atoms. The molecule has 1 heterocycles. The number of aromatic nitrogens is 1. The van der Waals surface area contributed by atoms with E-state index in [1.165, 1.54) is 0 Å². The first-order chi connectivity index (χ1) is 11.3. The number of carboxylic acids is 1. The van der Waals surface area contributed by atoms with Gasteiger partial charge in [0.1, 0.15) is 0 Å². The van der Waals surface area contributed by atoms with Crippen LogP contribution in [0.25, 0.3) is 11.1 Å². The van der Waals surface area contributed by atoms with Crippen LogP contribution in [-0.4, -0.2) is 28.6 Å². The molecule has 6 heteroatoms.